The van der Waals surface area contributed by atoms with Crippen LogP contribution in [-0.4, -0.2) is 21.9 Å². The minimum atomic E-state index is -0.713. The Kier molecular flexibility index (Phi) is 6.04. The molecule has 1 aliphatic rings. The second-order valence-corrected chi connectivity index (χ2v) is 7.24. The number of aromatic nitrogens is 2. The van der Waals surface area contributed by atoms with Gasteiger partial charge in [-0.3, -0.25) is 4.79 Å². The molecule has 0 fully saturated rings. The normalized spacial score (nSPS) is 16.6. The molecule has 0 bridgehead atoms. The molecule has 2 aromatic rings. The first-order valence-corrected chi connectivity index (χ1v) is 9.67. The van der Waals surface area contributed by atoms with Gasteiger partial charge in [0.15, 0.2) is 5.15 Å². The molecular formula is C20H24ClN5O2. The standard InChI is InChI=1S/C20H24ClN5O2/c1-4-5-6-14-24-17(18(21)25-14)16-15(12(3)22-20(28)26-16)19(27)23-13-9-7-11(2)8-10-13/h7-10,16H,4-6H2,1-3H3,(H,23,27)(H,24,25)(H2,22,26,28). The van der Waals surface area contributed by atoms with Crippen LogP contribution in [0.15, 0.2) is 35.5 Å². The number of amides is 3. The maximum Gasteiger partial charge on any atom is 0.319 e. The van der Waals surface area contributed by atoms with Crippen LogP contribution in [-0.2, 0) is 11.2 Å². The highest BCUT2D eigenvalue weighted by molar-refractivity contribution is 6.30. The molecule has 4 N–H and O–H groups in total. The fourth-order valence-electron chi connectivity index (χ4n) is 3.11. The summed E-state index contributed by atoms with van der Waals surface area (Å²) in [4.78, 5) is 32.6. The summed E-state index contributed by atoms with van der Waals surface area (Å²) in [5, 5.41) is 8.57. The Hall–Kier alpha value is -2.80. The molecule has 28 heavy (non-hydrogen) atoms. The van der Waals surface area contributed by atoms with Crippen LogP contribution >= 0.6 is 11.6 Å². The number of carbonyl (C=O) groups excluding carboxylic acids is 2. The van der Waals surface area contributed by atoms with Crippen LogP contribution in [0.1, 0.15) is 49.8 Å². The van der Waals surface area contributed by atoms with Crippen molar-refractivity contribution in [1.29, 1.82) is 0 Å². The summed E-state index contributed by atoms with van der Waals surface area (Å²) < 4.78 is 0. The number of urea groups is 1. The lowest BCUT2D eigenvalue weighted by atomic mass is 9.99. The summed E-state index contributed by atoms with van der Waals surface area (Å²) in [6.07, 6.45) is 2.75. The van der Waals surface area contributed by atoms with Crippen molar-refractivity contribution in [2.75, 3.05) is 5.32 Å². The molecule has 8 heteroatoms. The molecule has 0 aliphatic carbocycles. The summed E-state index contributed by atoms with van der Waals surface area (Å²) in [7, 11) is 0. The van der Waals surface area contributed by atoms with Crippen LogP contribution in [0.5, 0.6) is 0 Å². The number of hydrogen-bond donors (Lipinski definition) is 4. The van der Waals surface area contributed by atoms with E-state index < -0.39 is 12.1 Å². The van der Waals surface area contributed by atoms with Crippen LogP contribution in [0.3, 0.4) is 0 Å². The molecule has 0 saturated carbocycles. The molecule has 3 amide bonds. The lowest BCUT2D eigenvalue weighted by Crippen LogP contribution is -2.46. The van der Waals surface area contributed by atoms with Gasteiger partial charge in [0.05, 0.1) is 11.3 Å². The van der Waals surface area contributed by atoms with Gasteiger partial charge in [-0.1, -0.05) is 42.6 Å². The molecule has 1 aromatic carbocycles. The van der Waals surface area contributed by atoms with Gasteiger partial charge in [0, 0.05) is 17.8 Å². The van der Waals surface area contributed by atoms with Gasteiger partial charge >= 0.3 is 6.03 Å². The fraction of sp³-hybridized carbons (Fsp3) is 0.350. The highest BCUT2D eigenvalue weighted by atomic mass is 35.5. The summed E-state index contributed by atoms with van der Waals surface area (Å²) >= 11 is 6.33. The third-order valence-corrected chi connectivity index (χ3v) is 4.90. The van der Waals surface area contributed by atoms with Crippen molar-refractivity contribution in [3.05, 3.63) is 57.8 Å². The number of aromatic amines is 1. The molecule has 1 aromatic heterocycles. The van der Waals surface area contributed by atoms with Crippen molar-refractivity contribution in [2.24, 2.45) is 0 Å². The number of benzene rings is 1. The van der Waals surface area contributed by atoms with E-state index in [1.165, 1.54) is 0 Å². The second-order valence-electron chi connectivity index (χ2n) is 6.88. The Morgan fingerprint density at radius 2 is 1.96 bits per heavy atom. The fourth-order valence-corrected chi connectivity index (χ4v) is 3.37. The molecule has 3 rings (SSSR count). The minimum absolute atomic E-state index is 0.256. The lowest BCUT2D eigenvalue weighted by molar-refractivity contribution is -0.113. The van der Waals surface area contributed by atoms with Gasteiger partial charge in [0.1, 0.15) is 11.9 Å². The number of nitrogens with zero attached hydrogens (tertiary/aromatic N) is 1. The molecule has 148 valence electrons. The minimum Gasteiger partial charge on any atom is -0.343 e. The molecule has 1 atom stereocenters. The lowest BCUT2D eigenvalue weighted by Gasteiger charge is -2.27. The van der Waals surface area contributed by atoms with Crippen molar-refractivity contribution >= 4 is 29.2 Å². The van der Waals surface area contributed by atoms with Gasteiger partial charge in [-0.05, 0) is 32.4 Å². The number of anilines is 1. The third kappa shape index (κ3) is 4.36. The largest absolute Gasteiger partial charge is 0.343 e. The van der Waals surface area contributed by atoms with E-state index in [9.17, 15) is 9.59 Å². The van der Waals surface area contributed by atoms with Crippen LogP contribution in [0.2, 0.25) is 5.15 Å². The van der Waals surface area contributed by atoms with E-state index in [1.807, 2.05) is 31.2 Å². The number of halogens is 1. The van der Waals surface area contributed by atoms with E-state index in [0.717, 1.165) is 30.7 Å². The van der Waals surface area contributed by atoms with Crippen molar-refractivity contribution in [1.82, 2.24) is 20.6 Å². The quantitative estimate of drug-likeness (QED) is 0.589. The number of unbranched alkanes of at least 4 members (excludes halogenated alkanes) is 1. The van der Waals surface area contributed by atoms with E-state index in [2.05, 4.69) is 32.8 Å². The van der Waals surface area contributed by atoms with Crippen molar-refractivity contribution in [3.8, 4) is 0 Å². The predicted molar refractivity (Wildman–Crippen MR) is 109 cm³/mol. The number of aryl methyl sites for hydroxylation is 2. The van der Waals surface area contributed by atoms with Gasteiger partial charge in [-0.25, -0.2) is 9.78 Å². The number of carbonyl (C=O) groups is 2. The molecular weight excluding hydrogens is 378 g/mol. The van der Waals surface area contributed by atoms with Crippen molar-refractivity contribution < 1.29 is 9.59 Å². The first-order valence-electron chi connectivity index (χ1n) is 9.29. The Morgan fingerprint density at radius 3 is 2.64 bits per heavy atom. The maximum atomic E-state index is 13.0. The third-order valence-electron chi connectivity index (χ3n) is 4.61. The zero-order chi connectivity index (χ0) is 20.3. The zero-order valence-electron chi connectivity index (χ0n) is 16.1. The number of imidazole rings is 1. The topological polar surface area (TPSA) is 98.9 Å². The first kappa shape index (κ1) is 19.9. The summed E-state index contributed by atoms with van der Waals surface area (Å²) in [5.41, 5.74) is 3.13. The second kappa shape index (κ2) is 8.48. The number of allylic oxidation sites excluding steroid dienone is 1. The van der Waals surface area contributed by atoms with Crippen LogP contribution < -0.4 is 16.0 Å². The summed E-state index contributed by atoms with van der Waals surface area (Å²) in [5.74, 6) is 0.421. The van der Waals surface area contributed by atoms with Crippen LogP contribution in [0.25, 0.3) is 0 Å². The maximum absolute atomic E-state index is 13.0. The van der Waals surface area contributed by atoms with Gasteiger partial charge in [-0.15, -0.1) is 0 Å². The van der Waals surface area contributed by atoms with E-state index >= 15 is 0 Å². The number of rotatable bonds is 6. The smallest absolute Gasteiger partial charge is 0.319 e. The first-order chi connectivity index (χ1) is 13.4. The van der Waals surface area contributed by atoms with Gasteiger partial charge in [-0.2, -0.15) is 0 Å². The molecule has 1 aliphatic heterocycles. The zero-order valence-corrected chi connectivity index (χ0v) is 16.9. The Balaban J connectivity index is 1.91. The molecule has 2 heterocycles. The van der Waals surface area contributed by atoms with E-state index in [1.54, 1.807) is 6.92 Å². The monoisotopic (exact) mass is 401 g/mol. The van der Waals surface area contributed by atoms with Gasteiger partial charge in [0.25, 0.3) is 5.91 Å². The molecule has 1 unspecified atom stereocenters. The highest BCUT2D eigenvalue weighted by Crippen LogP contribution is 2.31. The van der Waals surface area contributed by atoms with E-state index in [-0.39, 0.29) is 11.1 Å². The Bertz CT molecular complexity index is 917. The van der Waals surface area contributed by atoms with Crippen molar-refractivity contribution in [3.63, 3.8) is 0 Å². The van der Waals surface area contributed by atoms with Crippen LogP contribution in [0, 0.1) is 6.92 Å². The predicted octanol–water partition coefficient (Wildman–Crippen LogP) is 3.98. The van der Waals surface area contributed by atoms with Crippen molar-refractivity contribution in [2.45, 2.75) is 46.1 Å². The van der Waals surface area contributed by atoms with E-state index in [0.29, 0.717) is 22.7 Å². The summed E-state index contributed by atoms with van der Waals surface area (Å²) in [6, 6.07) is 6.39. The molecule has 0 spiro atoms. The highest BCUT2D eigenvalue weighted by Gasteiger charge is 2.34. The Morgan fingerprint density at radius 1 is 1.25 bits per heavy atom. The average molecular weight is 402 g/mol. The molecule has 7 nitrogen and oxygen atoms in total. The number of hydrogen-bond acceptors (Lipinski definition) is 3. The SMILES string of the molecule is CCCCc1nc(Cl)c(C2NC(=O)NC(C)=C2C(=O)Nc2ccc(C)cc2)[nH]1. The number of H-pyrrole nitrogens is 1. The number of nitrogens with one attached hydrogen (secondary N) is 4. The molecule has 0 radical (unpaired) electrons. The Labute approximate surface area is 169 Å². The molecule has 0 saturated heterocycles. The van der Waals surface area contributed by atoms with Gasteiger partial charge in [0.2, 0.25) is 0 Å². The van der Waals surface area contributed by atoms with E-state index in [4.69, 9.17) is 11.6 Å². The van der Waals surface area contributed by atoms with Crippen LogP contribution in [0.4, 0.5) is 10.5 Å². The summed E-state index contributed by atoms with van der Waals surface area (Å²) in [6.45, 7) is 5.77. The van der Waals surface area contributed by atoms with Gasteiger partial charge < -0.3 is 20.9 Å². The average Bonchev–Trinajstić information content (AvgIpc) is 3.01.